The predicted octanol–water partition coefficient (Wildman–Crippen LogP) is 2.70. The Morgan fingerprint density at radius 2 is 2.17 bits per heavy atom. The second-order valence-electron chi connectivity index (χ2n) is 5.03. The summed E-state index contributed by atoms with van der Waals surface area (Å²) in [6.45, 7) is 6.77. The van der Waals surface area contributed by atoms with Crippen LogP contribution in [0.25, 0.3) is 0 Å². The fourth-order valence-corrected chi connectivity index (χ4v) is 2.60. The monoisotopic (exact) mass is 283 g/mol. The van der Waals surface area contributed by atoms with Crippen molar-refractivity contribution in [3.05, 3.63) is 44.0 Å². The van der Waals surface area contributed by atoms with E-state index in [0.717, 1.165) is 10.7 Å². The number of hydrogen-bond acceptors (Lipinski definition) is 4. The lowest BCUT2D eigenvalue weighted by Gasteiger charge is -2.14. The van der Waals surface area contributed by atoms with Crippen LogP contribution in [0.4, 0.5) is 0 Å². The van der Waals surface area contributed by atoms with E-state index in [0.29, 0.717) is 6.54 Å². The molecule has 0 aliphatic heterocycles. The first-order valence-electron chi connectivity index (χ1n) is 5.54. The highest BCUT2D eigenvalue weighted by Gasteiger charge is 2.17. The zero-order valence-electron chi connectivity index (χ0n) is 10.5. The molecule has 0 unspecified atom stereocenters. The number of thiazole rings is 1. The summed E-state index contributed by atoms with van der Waals surface area (Å²) in [5.74, 6) is 0. The van der Waals surface area contributed by atoms with Crippen molar-refractivity contribution in [1.82, 2.24) is 14.5 Å². The normalized spacial score (nSPS) is 11.8. The van der Waals surface area contributed by atoms with Crippen molar-refractivity contribution in [2.24, 2.45) is 0 Å². The summed E-state index contributed by atoms with van der Waals surface area (Å²) >= 11 is 7.25. The average molecular weight is 284 g/mol. The number of rotatable bonds is 2. The molecule has 0 aliphatic rings. The van der Waals surface area contributed by atoms with Gasteiger partial charge in [-0.1, -0.05) is 32.4 Å². The maximum atomic E-state index is 11.7. The molecule has 0 spiro atoms. The summed E-state index contributed by atoms with van der Waals surface area (Å²) in [5, 5.41) is 2.91. The van der Waals surface area contributed by atoms with E-state index >= 15 is 0 Å². The molecule has 0 N–H and O–H groups in total. The first kappa shape index (κ1) is 13.2. The standard InChI is InChI=1S/C12H14ClN3OS/c1-12(2,3)8-7-18-9(15-8)6-16-5-4-14-10(13)11(16)17/h4-5,7H,6H2,1-3H3. The highest BCUT2D eigenvalue weighted by molar-refractivity contribution is 7.09. The Hall–Kier alpha value is -1.20. The van der Waals surface area contributed by atoms with Crippen LogP contribution in [-0.4, -0.2) is 14.5 Å². The molecular weight excluding hydrogens is 270 g/mol. The Kier molecular flexibility index (Phi) is 3.54. The molecule has 0 saturated carbocycles. The Morgan fingerprint density at radius 1 is 1.44 bits per heavy atom. The summed E-state index contributed by atoms with van der Waals surface area (Å²) in [7, 11) is 0. The quantitative estimate of drug-likeness (QED) is 0.851. The molecule has 0 bridgehead atoms. The molecule has 2 heterocycles. The second-order valence-corrected chi connectivity index (χ2v) is 6.33. The smallest absolute Gasteiger partial charge is 0.288 e. The Labute approximate surface area is 114 Å². The van der Waals surface area contributed by atoms with E-state index in [9.17, 15) is 4.79 Å². The van der Waals surface area contributed by atoms with Gasteiger partial charge in [0.2, 0.25) is 0 Å². The van der Waals surface area contributed by atoms with Gasteiger partial charge in [-0.15, -0.1) is 11.3 Å². The van der Waals surface area contributed by atoms with Crippen molar-refractivity contribution in [2.45, 2.75) is 32.7 Å². The molecule has 0 atom stereocenters. The Bertz CT molecular complexity index is 612. The van der Waals surface area contributed by atoms with Crippen molar-refractivity contribution < 1.29 is 0 Å². The van der Waals surface area contributed by atoms with E-state index in [4.69, 9.17) is 11.6 Å². The molecule has 0 aliphatic carbocycles. The Morgan fingerprint density at radius 3 is 2.78 bits per heavy atom. The van der Waals surface area contributed by atoms with Gasteiger partial charge in [0.25, 0.3) is 5.56 Å². The van der Waals surface area contributed by atoms with Crippen molar-refractivity contribution >= 4 is 22.9 Å². The first-order valence-corrected chi connectivity index (χ1v) is 6.79. The summed E-state index contributed by atoms with van der Waals surface area (Å²) in [6, 6.07) is 0. The van der Waals surface area contributed by atoms with E-state index in [1.165, 1.54) is 10.8 Å². The fraction of sp³-hybridized carbons (Fsp3) is 0.417. The molecule has 4 nitrogen and oxygen atoms in total. The van der Waals surface area contributed by atoms with Gasteiger partial charge in [0.15, 0.2) is 5.15 Å². The molecular formula is C12H14ClN3OS. The minimum atomic E-state index is -0.285. The van der Waals surface area contributed by atoms with Gasteiger partial charge in [0.1, 0.15) is 5.01 Å². The van der Waals surface area contributed by atoms with Gasteiger partial charge in [0.05, 0.1) is 12.2 Å². The van der Waals surface area contributed by atoms with Gasteiger partial charge >= 0.3 is 0 Å². The van der Waals surface area contributed by atoms with Gasteiger partial charge in [-0.05, 0) is 0 Å². The van der Waals surface area contributed by atoms with E-state index in [1.54, 1.807) is 17.5 Å². The van der Waals surface area contributed by atoms with Crippen LogP contribution in [0.3, 0.4) is 0 Å². The third kappa shape index (κ3) is 2.79. The summed E-state index contributed by atoms with van der Waals surface area (Å²) in [6.07, 6.45) is 3.13. The largest absolute Gasteiger partial charge is 0.304 e. The lowest BCUT2D eigenvalue weighted by molar-refractivity contribution is 0.569. The van der Waals surface area contributed by atoms with Crippen LogP contribution in [-0.2, 0) is 12.0 Å². The van der Waals surface area contributed by atoms with Crippen molar-refractivity contribution in [3.8, 4) is 0 Å². The van der Waals surface area contributed by atoms with Crippen LogP contribution < -0.4 is 5.56 Å². The molecule has 2 aromatic rings. The predicted molar refractivity (Wildman–Crippen MR) is 73.4 cm³/mol. The number of aromatic nitrogens is 3. The molecule has 0 fully saturated rings. The van der Waals surface area contributed by atoms with Gasteiger partial charge in [-0.3, -0.25) is 4.79 Å². The Balaban J connectivity index is 2.27. The van der Waals surface area contributed by atoms with Crippen LogP contribution in [0.5, 0.6) is 0 Å². The topological polar surface area (TPSA) is 47.8 Å². The first-order chi connectivity index (χ1) is 8.38. The molecule has 18 heavy (non-hydrogen) atoms. The van der Waals surface area contributed by atoms with E-state index in [1.807, 2.05) is 5.38 Å². The van der Waals surface area contributed by atoms with Crippen molar-refractivity contribution in [2.75, 3.05) is 0 Å². The molecule has 96 valence electrons. The summed E-state index contributed by atoms with van der Waals surface area (Å²) in [5.41, 5.74) is 0.776. The highest BCUT2D eigenvalue weighted by atomic mass is 35.5. The molecule has 2 rings (SSSR count). The summed E-state index contributed by atoms with van der Waals surface area (Å²) in [4.78, 5) is 20.0. The van der Waals surface area contributed by atoms with Crippen LogP contribution in [0.15, 0.2) is 22.6 Å². The molecule has 2 aromatic heterocycles. The number of halogens is 1. The second kappa shape index (κ2) is 4.82. The summed E-state index contributed by atoms with van der Waals surface area (Å²) < 4.78 is 1.51. The fourth-order valence-electron chi connectivity index (χ4n) is 1.42. The molecule has 0 radical (unpaired) electrons. The zero-order chi connectivity index (χ0) is 13.3. The maximum absolute atomic E-state index is 11.7. The molecule has 0 aromatic carbocycles. The van der Waals surface area contributed by atoms with E-state index in [2.05, 4.69) is 30.7 Å². The SMILES string of the molecule is CC(C)(C)c1csc(Cn2ccnc(Cl)c2=O)n1. The van der Waals surface area contributed by atoms with Gasteiger partial charge in [0, 0.05) is 23.2 Å². The maximum Gasteiger partial charge on any atom is 0.288 e. The van der Waals surface area contributed by atoms with Crippen LogP contribution in [0.2, 0.25) is 5.15 Å². The van der Waals surface area contributed by atoms with Gasteiger partial charge in [-0.25, -0.2) is 9.97 Å². The van der Waals surface area contributed by atoms with Gasteiger partial charge < -0.3 is 4.57 Å². The van der Waals surface area contributed by atoms with Crippen molar-refractivity contribution in [1.29, 1.82) is 0 Å². The van der Waals surface area contributed by atoms with Crippen molar-refractivity contribution in [3.63, 3.8) is 0 Å². The number of nitrogens with zero attached hydrogens (tertiary/aromatic N) is 3. The third-order valence-corrected chi connectivity index (χ3v) is 3.59. The van der Waals surface area contributed by atoms with E-state index in [-0.39, 0.29) is 16.1 Å². The average Bonchev–Trinajstić information content (AvgIpc) is 2.73. The van der Waals surface area contributed by atoms with Crippen LogP contribution in [0.1, 0.15) is 31.5 Å². The highest BCUT2D eigenvalue weighted by Crippen LogP contribution is 2.24. The van der Waals surface area contributed by atoms with Crippen LogP contribution in [0, 0.1) is 0 Å². The lowest BCUT2D eigenvalue weighted by Crippen LogP contribution is -2.21. The minimum absolute atomic E-state index is 0.00917. The minimum Gasteiger partial charge on any atom is -0.304 e. The lowest BCUT2D eigenvalue weighted by atomic mass is 9.93. The van der Waals surface area contributed by atoms with Gasteiger partial charge in [-0.2, -0.15) is 0 Å². The third-order valence-electron chi connectivity index (χ3n) is 2.50. The van der Waals surface area contributed by atoms with Crippen LogP contribution >= 0.6 is 22.9 Å². The molecule has 0 saturated heterocycles. The van der Waals surface area contributed by atoms with E-state index < -0.39 is 0 Å². The molecule has 6 heteroatoms. The zero-order valence-corrected chi connectivity index (χ0v) is 12.0. The number of hydrogen-bond donors (Lipinski definition) is 0. The molecule has 0 amide bonds.